The van der Waals surface area contributed by atoms with Gasteiger partial charge in [0, 0.05) is 6.54 Å². The molecule has 0 unspecified atom stereocenters. The second-order valence-electron chi connectivity index (χ2n) is 2.76. The summed E-state index contributed by atoms with van der Waals surface area (Å²) in [5, 5.41) is 11.2. The van der Waals surface area contributed by atoms with Crippen molar-refractivity contribution in [2.45, 2.75) is 19.4 Å². The molecule has 80 valence electrons. The van der Waals surface area contributed by atoms with Crippen molar-refractivity contribution in [1.29, 1.82) is 5.41 Å². The molecule has 2 N–H and O–H groups in total. The first-order valence-electron chi connectivity index (χ1n) is 3.99. The van der Waals surface area contributed by atoms with Crippen LogP contribution in [0.15, 0.2) is 5.51 Å². The van der Waals surface area contributed by atoms with Gasteiger partial charge in [-0.15, -0.1) is 0 Å². The van der Waals surface area contributed by atoms with Gasteiger partial charge in [-0.2, -0.15) is 13.5 Å². The Kier molecular flexibility index (Phi) is 3.78. The topological polar surface area (TPSA) is 96.0 Å². The van der Waals surface area contributed by atoms with Gasteiger partial charge in [-0.1, -0.05) is 11.3 Å². The Hall–Kier alpha value is -0.730. The third kappa shape index (κ3) is 3.99. The van der Waals surface area contributed by atoms with Gasteiger partial charge in [0.25, 0.3) is 10.1 Å². The molecule has 0 radical (unpaired) electrons. The molecule has 6 nitrogen and oxygen atoms in total. The SMILES string of the molecule is N=c1scnn1CCCCS(=O)(=O)O. The molecular weight excluding hydrogens is 226 g/mol. The van der Waals surface area contributed by atoms with Gasteiger partial charge in [-0.25, -0.2) is 4.68 Å². The van der Waals surface area contributed by atoms with Crippen molar-refractivity contribution in [2.75, 3.05) is 5.75 Å². The first-order chi connectivity index (χ1) is 6.49. The largest absolute Gasteiger partial charge is 0.286 e. The minimum absolute atomic E-state index is 0.231. The van der Waals surface area contributed by atoms with Crippen LogP contribution >= 0.6 is 11.3 Å². The van der Waals surface area contributed by atoms with E-state index in [4.69, 9.17) is 9.96 Å². The zero-order chi connectivity index (χ0) is 10.6. The Balaban J connectivity index is 2.30. The van der Waals surface area contributed by atoms with E-state index in [2.05, 4.69) is 5.10 Å². The van der Waals surface area contributed by atoms with Gasteiger partial charge in [0.2, 0.25) is 0 Å². The smallest absolute Gasteiger partial charge is 0.264 e. The fraction of sp³-hybridized carbons (Fsp3) is 0.667. The number of aryl methyl sites for hydroxylation is 1. The van der Waals surface area contributed by atoms with E-state index in [1.165, 1.54) is 16.0 Å². The maximum atomic E-state index is 10.4. The fourth-order valence-corrected chi connectivity index (χ4v) is 2.04. The summed E-state index contributed by atoms with van der Waals surface area (Å²) in [6.45, 7) is 0.512. The molecule has 1 heterocycles. The second-order valence-corrected chi connectivity index (χ2v) is 5.17. The normalized spacial score (nSPS) is 11.8. The highest BCUT2D eigenvalue weighted by atomic mass is 32.2. The monoisotopic (exact) mass is 237 g/mol. The van der Waals surface area contributed by atoms with Gasteiger partial charge in [0.05, 0.1) is 5.75 Å². The van der Waals surface area contributed by atoms with Gasteiger partial charge in [-0.05, 0) is 12.8 Å². The molecular formula is C6H11N3O3S2. The van der Waals surface area contributed by atoms with Gasteiger partial charge in [0.1, 0.15) is 5.51 Å². The lowest BCUT2D eigenvalue weighted by Crippen LogP contribution is -2.15. The Morgan fingerprint density at radius 1 is 1.57 bits per heavy atom. The summed E-state index contributed by atoms with van der Waals surface area (Å²) in [6.07, 6.45) is 0.961. The number of nitrogens with zero attached hydrogens (tertiary/aromatic N) is 2. The predicted octanol–water partition coefficient (Wildman–Crippen LogP) is 0.0921. The van der Waals surface area contributed by atoms with E-state index in [1.807, 2.05) is 0 Å². The highest BCUT2D eigenvalue weighted by Crippen LogP contribution is 1.96. The summed E-state index contributed by atoms with van der Waals surface area (Å²) in [4.78, 5) is 0.344. The average molecular weight is 237 g/mol. The molecule has 0 fully saturated rings. The summed E-state index contributed by atoms with van der Waals surface area (Å²) in [5.74, 6) is -0.231. The lowest BCUT2D eigenvalue weighted by atomic mass is 10.3. The standard InChI is InChI=1S/C6H11N3O3S2/c7-6-9(8-5-13-6)3-1-2-4-14(10,11)12/h5,7H,1-4H2,(H,10,11,12). The van der Waals surface area contributed by atoms with E-state index in [0.29, 0.717) is 24.2 Å². The summed E-state index contributed by atoms with van der Waals surface area (Å²) >= 11 is 1.22. The summed E-state index contributed by atoms with van der Waals surface area (Å²) in [7, 11) is -3.85. The average Bonchev–Trinajstić information content (AvgIpc) is 2.44. The molecule has 0 aliphatic heterocycles. The number of unbranched alkanes of at least 4 members (excludes halogenated alkanes) is 1. The molecule has 0 amide bonds. The first kappa shape index (κ1) is 11.3. The highest BCUT2D eigenvalue weighted by molar-refractivity contribution is 7.85. The van der Waals surface area contributed by atoms with E-state index >= 15 is 0 Å². The first-order valence-corrected chi connectivity index (χ1v) is 6.48. The molecule has 0 bridgehead atoms. The lowest BCUT2D eigenvalue weighted by molar-refractivity contribution is 0.475. The van der Waals surface area contributed by atoms with Gasteiger partial charge in [0.15, 0.2) is 4.80 Å². The minimum atomic E-state index is -3.85. The van der Waals surface area contributed by atoms with Crippen molar-refractivity contribution < 1.29 is 13.0 Å². The van der Waals surface area contributed by atoms with E-state index in [0.717, 1.165) is 0 Å². The van der Waals surface area contributed by atoms with Gasteiger partial charge >= 0.3 is 0 Å². The molecule has 0 atom stereocenters. The third-order valence-corrected chi connectivity index (χ3v) is 3.05. The molecule has 0 saturated heterocycles. The molecule has 0 aliphatic rings. The van der Waals surface area contributed by atoms with Crippen LogP contribution in [0.2, 0.25) is 0 Å². The van der Waals surface area contributed by atoms with E-state index in [-0.39, 0.29) is 5.75 Å². The maximum absolute atomic E-state index is 10.4. The van der Waals surface area contributed by atoms with Crippen LogP contribution in [0.25, 0.3) is 0 Å². The second kappa shape index (κ2) is 4.67. The zero-order valence-electron chi connectivity index (χ0n) is 7.38. The molecule has 0 saturated carbocycles. The number of hydrogen-bond donors (Lipinski definition) is 2. The Bertz CT molecular complexity index is 433. The van der Waals surface area contributed by atoms with E-state index < -0.39 is 10.1 Å². The van der Waals surface area contributed by atoms with Crippen molar-refractivity contribution in [1.82, 2.24) is 9.78 Å². The Labute approximate surface area is 85.5 Å². The third-order valence-electron chi connectivity index (χ3n) is 1.61. The summed E-state index contributed by atoms with van der Waals surface area (Å²) in [6, 6.07) is 0. The van der Waals surface area contributed by atoms with Crippen LogP contribution in [0.5, 0.6) is 0 Å². The zero-order valence-corrected chi connectivity index (χ0v) is 9.01. The van der Waals surface area contributed by atoms with Crippen LogP contribution in [0.1, 0.15) is 12.8 Å². The number of aromatic nitrogens is 2. The molecule has 8 heteroatoms. The van der Waals surface area contributed by atoms with Crippen molar-refractivity contribution in [3.05, 3.63) is 10.3 Å². The fourth-order valence-electron chi connectivity index (χ4n) is 0.949. The van der Waals surface area contributed by atoms with Crippen molar-refractivity contribution in [2.24, 2.45) is 0 Å². The molecule has 1 aromatic rings. The van der Waals surface area contributed by atoms with Gasteiger partial charge < -0.3 is 0 Å². The van der Waals surface area contributed by atoms with E-state index in [9.17, 15) is 8.42 Å². The number of hydrogen-bond acceptors (Lipinski definition) is 5. The Morgan fingerprint density at radius 3 is 2.79 bits per heavy atom. The van der Waals surface area contributed by atoms with Crippen LogP contribution in [-0.4, -0.2) is 28.5 Å². The van der Waals surface area contributed by atoms with E-state index in [1.54, 1.807) is 5.51 Å². The predicted molar refractivity (Wildman–Crippen MR) is 51.6 cm³/mol. The number of nitrogens with one attached hydrogen (secondary N) is 1. The maximum Gasteiger partial charge on any atom is 0.264 e. The van der Waals surface area contributed by atoms with Crippen LogP contribution < -0.4 is 4.80 Å². The Morgan fingerprint density at radius 2 is 2.29 bits per heavy atom. The highest BCUT2D eigenvalue weighted by Gasteiger charge is 2.03. The molecule has 0 spiro atoms. The lowest BCUT2D eigenvalue weighted by Gasteiger charge is -1.99. The molecule has 1 rings (SSSR count). The molecule has 0 aliphatic carbocycles. The quantitative estimate of drug-likeness (QED) is 0.560. The summed E-state index contributed by atoms with van der Waals surface area (Å²) < 4.78 is 30.7. The van der Waals surface area contributed by atoms with Crippen molar-refractivity contribution in [3.63, 3.8) is 0 Å². The molecule has 1 aromatic heterocycles. The van der Waals surface area contributed by atoms with Gasteiger partial charge in [-0.3, -0.25) is 9.96 Å². The molecule has 14 heavy (non-hydrogen) atoms. The van der Waals surface area contributed by atoms with Crippen LogP contribution in [0.3, 0.4) is 0 Å². The van der Waals surface area contributed by atoms with Crippen LogP contribution in [-0.2, 0) is 16.7 Å². The van der Waals surface area contributed by atoms with Crippen molar-refractivity contribution >= 4 is 21.5 Å². The van der Waals surface area contributed by atoms with Crippen molar-refractivity contribution in [3.8, 4) is 0 Å². The number of rotatable bonds is 5. The van der Waals surface area contributed by atoms with Crippen LogP contribution in [0.4, 0.5) is 0 Å². The summed E-state index contributed by atoms with van der Waals surface area (Å²) in [5.41, 5.74) is 1.56. The molecule has 0 aromatic carbocycles. The minimum Gasteiger partial charge on any atom is -0.286 e. The van der Waals surface area contributed by atoms with Crippen LogP contribution in [0, 0.1) is 5.41 Å².